The molecule has 2 aromatic rings. The molecule has 0 saturated carbocycles. The van der Waals surface area contributed by atoms with Crippen molar-refractivity contribution in [2.75, 3.05) is 16.8 Å². The molecule has 1 aliphatic rings. The smallest absolute Gasteiger partial charge is 0.244 e. The van der Waals surface area contributed by atoms with Crippen LogP contribution in [0.4, 0.5) is 11.4 Å². The highest BCUT2D eigenvalue weighted by atomic mass is 16.2. The predicted molar refractivity (Wildman–Crippen MR) is 79.0 cm³/mol. The van der Waals surface area contributed by atoms with Crippen molar-refractivity contribution >= 4 is 23.2 Å². The summed E-state index contributed by atoms with van der Waals surface area (Å²) in [6, 6.07) is 5.65. The second-order valence-corrected chi connectivity index (χ2v) is 5.05. The van der Waals surface area contributed by atoms with Gasteiger partial charge in [0.25, 0.3) is 0 Å². The lowest BCUT2D eigenvalue weighted by atomic mass is 10.1. The molecule has 0 unspecified atom stereocenters. The third-order valence-electron chi connectivity index (χ3n) is 3.52. The summed E-state index contributed by atoms with van der Waals surface area (Å²) >= 11 is 0. The first kappa shape index (κ1) is 13.4. The van der Waals surface area contributed by atoms with Gasteiger partial charge < -0.3 is 14.8 Å². The minimum absolute atomic E-state index is 0.0469. The van der Waals surface area contributed by atoms with Crippen LogP contribution in [0.25, 0.3) is 0 Å². The second kappa shape index (κ2) is 5.40. The minimum atomic E-state index is -0.102. The molecule has 0 atom stereocenters. The molecule has 0 bridgehead atoms. The Kier molecular flexibility index (Phi) is 3.43. The van der Waals surface area contributed by atoms with E-state index in [1.807, 2.05) is 18.2 Å². The van der Waals surface area contributed by atoms with E-state index in [0.717, 1.165) is 23.4 Å². The van der Waals surface area contributed by atoms with Gasteiger partial charge >= 0.3 is 0 Å². The molecule has 0 aliphatic carbocycles. The molecule has 3 rings (SSSR count). The summed E-state index contributed by atoms with van der Waals surface area (Å²) in [5, 5.41) is 2.86. The van der Waals surface area contributed by atoms with Crippen molar-refractivity contribution < 1.29 is 9.59 Å². The molecule has 0 fully saturated rings. The molecule has 0 radical (unpaired) electrons. The standard InChI is InChI=1S/C15H16N4O2/c1-11(20)19-6-4-12-8-13(2-3-14(12)19)17-15(21)9-18-7-5-16-10-18/h2-3,5,7-8,10H,4,6,9H2,1H3,(H,17,21). The molecule has 1 aliphatic heterocycles. The lowest BCUT2D eigenvalue weighted by Crippen LogP contribution is -2.25. The van der Waals surface area contributed by atoms with Gasteiger partial charge in [0.1, 0.15) is 6.54 Å². The lowest BCUT2D eigenvalue weighted by molar-refractivity contribution is -0.117. The average Bonchev–Trinajstić information content (AvgIpc) is 3.06. The number of nitrogens with one attached hydrogen (secondary N) is 1. The maximum atomic E-state index is 11.9. The maximum Gasteiger partial charge on any atom is 0.244 e. The number of nitrogens with zero attached hydrogens (tertiary/aromatic N) is 3. The molecule has 2 heterocycles. The molecule has 0 spiro atoms. The fourth-order valence-corrected chi connectivity index (χ4v) is 2.55. The van der Waals surface area contributed by atoms with Gasteiger partial charge in [-0.25, -0.2) is 4.98 Å². The summed E-state index contributed by atoms with van der Waals surface area (Å²) in [5.41, 5.74) is 2.78. The topological polar surface area (TPSA) is 67.2 Å². The van der Waals surface area contributed by atoms with Crippen LogP contribution in [0.5, 0.6) is 0 Å². The van der Waals surface area contributed by atoms with Crippen molar-refractivity contribution in [3.63, 3.8) is 0 Å². The van der Waals surface area contributed by atoms with Crippen LogP contribution in [0.15, 0.2) is 36.9 Å². The SMILES string of the molecule is CC(=O)N1CCc2cc(NC(=O)Cn3ccnc3)ccc21. The van der Waals surface area contributed by atoms with E-state index in [1.54, 1.807) is 35.1 Å². The summed E-state index contributed by atoms with van der Waals surface area (Å²) in [6.45, 7) is 2.50. The van der Waals surface area contributed by atoms with Crippen LogP contribution in [0.1, 0.15) is 12.5 Å². The fourth-order valence-electron chi connectivity index (χ4n) is 2.55. The van der Waals surface area contributed by atoms with Gasteiger partial charge in [-0.1, -0.05) is 0 Å². The Bertz CT molecular complexity index is 679. The van der Waals surface area contributed by atoms with E-state index in [2.05, 4.69) is 10.3 Å². The number of benzene rings is 1. The highest BCUT2D eigenvalue weighted by Crippen LogP contribution is 2.30. The van der Waals surface area contributed by atoms with E-state index in [-0.39, 0.29) is 18.4 Å². The van der Waals surface area contributed by atoms with E-state index in [1.165, 1.54) is 0 Å². The Balaban J connectivity index is 1.70. The van der Waals surface area contributed by atoms with Crippen molar-refractivity contribution in [2.45, 2.75) is 19.9 Å². The van der Waals surface area contributed by atoms with Crippen molar-refractivity contribution in [2.24, 2.45) is 0 Å². The third-order valence-corrected chi connectivity index (χ3v) is 3.52. The molecule has 0 saturated heterocycles. The molecule has 1 N–H and O–H groups in total. The first-order valence-corrected chi connectivity index (χ1v) is 6.80. The monoisotopic (exact) mass is 284 g/mol. The van der Waals surface area contributed by atoms with Gasteiger partial charge in [0.15, 0.2) is 0 Å². The maximum absolute atomic E-state index is 11.9. The summed E-state index contributed by atoms with van der Waals surface area (Å²) in [7, 11) is 0. The molecular weight excluding hydrogens is 268 g/mol. The van der Waals surface area contributed by atoms with E-state index >= 15 is 0 Å². The van der Waals surface area contributed by atoms with Crippen LogP contribution >= 0.6 is 0 Å². The Morgan fingerprint density at radius 2 is 2.24 bits per heavy atom. The van der Waals surface area contributed by atoms with Crippen LogP contribution in [-0.4, -0.2) is 27.9 Å². The fraction of sp³-hybridized carbons (Fsp3) is 0.267. The molecule has 108 valence electrons. The number of imidazole rings is 1. The van der Waals surface area contributed by atoms with E-state index in [9.17, 15) is 9.59 Å². The molecular formula is C15H16N4O2. The van der Waals surface area contributed by atoms with Gasteiger partial charge in [-0.15, -0.1) is 0 Å². The molecule has 2 amide bonds. The number of carbonyl (C=O) groups excluding carboxylic acids is 2. The summed E-state index contributed by atoms with van der Waals surface area (Å²) in [4.78, 5) is 29.1. The lowest BCUT2D eigenvalue weighted by Gasteiger charge is -2.15. The number of rotatable bonds is 3. The van der Waals surface area contributed by atoms with Gasteiger partial charge in [0.2, 0.25) is 11.8 Å². The number of hydrogen-bond acceptors (Lipinski definition) is 3. The Morgan fingerprint density at radius 3 is 2.95 bits per heavy atom. The van der Waals surface area contributed by atoms with Crippen molar-refractivity contribution in [1.29, 1.82) is 0 Å². The van der Waals surface area contributed by atoms with Crippen LogP contribution in [-0.2, 0) is 22.6 Å². The van der Waals surface area contributed by atoms with E-state index in [0.29, 0.717) is 6.54 Å². The normalized spacial score (nSPS) is 13.1. The van der Waals surface area contributed by atoms with Gasteiger partial charge in [0, 0.05) is 37.2 Å². The third kappa shape index (κ3) is 2.79. The van der Waals surface area contributed by atoms with Crippen LogP contribution in [0.3, 0.4) is 0 Å². The summed E-state index contributed by atoms with van der Waals surface area (Å²) < 4.78 is 1.71. The quantitative estimate of drug-likeness (QED) is 0.927. The molecule has 21 heavy (non-hydrogen) atoms. The van der Waals surface area contributed by atoms with Crippen molar-refractivity contribution in [1.82, 2.24) is 9.55 Å². The average molecular weight is 284 g/mol. The minimum Gasteiger partial charge on any atom is -0.328 e. The number of amides is 2. The number of anilines is 2. The largest absolute Gasteiger partial charge is 0.328 e. The number of hydrogen-bond donors (Lipinski definition) is 1. The first-order valence-electron chi connectivity index (χ1n) is 6.80. The molecule has 1 aromatic carbocycles. The Hall–Kier alpha value is -2.63. The van der Waals surface area contributed by atoms with Gasteiger partial charge in [0.05, 0.1) is 6.33 Å². The highest BCUT2D eigenvalue weighted by Gasteiger charge is 2.22. The second-order valence-electron chi connectivity index (χ2n) is 5.05. The van der Waals surface area contributed by atoms with E-state index in [4.69, 9.17) is 0 Å². The van der Waals surface area contributed by atoms with Crippen LogP contribution < -0.4 is 10.2 Å². The summed E-state index contributed by atoms with van der Waals surface area (Å²) in [6.07, 6.45) is 5.80. The zero-order valence-corrected chi connectivity index (χ0v) is 11.7. The van der Waals surface area contributed by atoms with E-state index < -0.39 is 0 Å². The van der Waals surface area contributed by atoms with Gasteiger partial charge in [-0.2, -0.15) is 0 Å². The molecule has 1 aromatic heterocycles. The number of aromatic nitrogens is 2. The molecule has 6 nitrogen and oxygen atoms in total. The van der Waals surface area contributed by atoms with Gasteiger partial charge in [-0.3, -0.25) is 9.59 Å². The van der Waals surface area contributed by atoms with Gasteiger partial charge in [-0.05, 0) is 30.2 Å². The summed E-state index contributed by atoms with van der Waals surface area (Å²) in [5.74, 6) is -0.0555. The Labute approximate surface area is 122 Å². The number of carbonyl (C=O) groups is 2. The van der Waals surface area contributed by atoms with Crippen LogP contribution in [0, 0.1) is 0 Å². The number of fused-ring (bicyclic) bond motifs is 1. The predicted octanol–water partition coefficient (Wildman–Crippen LogP) is 1.43. The zero-order valence-electron chi connectivity index (χ0n) is 11.7. The van der Waals surface area contributed by atoms with Crippen molar-refractivity contribution in [3.8, 4) is 0 Å². The van der Waals surface area contributed by atoms with Crippen LogP contribution in [0.2, 0.25) is 0 Å². The first-order chi connectivity index (χ1) is 10.1. The highest BCUT2D eigenvalue weighted by molar-refractivity contribution is 5.95. The van der Waals surface area contributed by atoms with Crippen molar-refractivity contribution in [3.05, 3.63) is 42.5 Å². The molecule has 6 heteroatoms. The zero-order chi connectivity index (χ0) is 14.8. The Morgan fingerprint density at radius 1 is 1.38 bits per heavy atom.